The van der Waals surface area contributed by atoms with Crippen LogP contribution in [-0.2, 0) is 0 Å². The van der Waals surface area contributed by atoms with Crippen molar-refractivity contribution < 1.29 is 0 Å². The quantitative estimate of drug-likeness (QED) is 0.666. The predicted molar refractivity (Wildman–Crippen MR) is 63.5 cm³/mol. The Balaban J connectivity index is 3.08. The van der Waals surface area contributed by atoms with Gasteiger partial charge in [0.1, 0.15) is 0 Å². The molecule has 0 saturated heterocycles. The van der Waals surface area contributed by atoms with Gasteiger partial charge >= 0.3 is 0 Å². The van der Waals surface area contributed by atoms with Crippen LogP contribution >= 0.6 is 0 Å². The van der Waals surface area contributed by atoms with E-state index >= 15 is 0 Å². The highest BCUT2D eigenvalue weighted by molar-refractivity contribution is 5.34. The van der Waals surface area contributed by atoms with Gasteiger partial charge < -0.3 is 0 Å². The molecule has 0 aliphatic heterocycles. The van der Waals surface area contributed by atoms with Crippen molar-refractivity contribution in [2.45, 2.75) is 40.5 Å². The van der Waals surface area contributed by atoms with Crippen molar-refractivity contribution in [3.63, 3.8) is 0 Å². The Hall–Kier alpha value is -0.780. The lowest BCUT2D eigenvalue weighted by atomic mass is 9.83. The van der Waals surface area contributed by atoms with E-state index in [0.29, 0.717) is 11.8 Å². The third-order valence-electron chi connectivity index (χ3n) is 2.87. The second-order valence-corrected chi connectivity index (χ2v) is 4.46. The Morgan fingerprint density at radius 3 is 2.29 bits per heavy atom. The fraction of sp³-hybridized carbons (Fsp3) is 0.500. The first-order valence-electron chi connectivity index (χ1n) is 5.43. The monoisotopic (exact) mass is 189 g/mol. The summed E-state index contributed by atoms with van der Waals surface area (Å²) in [5.41, 5.74) is 4.26. The van der Waals surface area contributed by atoms with Crippen LogP contribution in [0.15, 0.2) is 18.2 Å². The first-order valence-corrected chi connectivity index (χ1v) is 5.43. The van der Waals surface area contributed by atoms with Crippen molar-refractivity contribution in [3.05, 3.63) is 41.3 Å². The molecule has 0 amide bonds. The van der Waals surface area contributed by atoms with Crippen LogP contribution in [0.3, 0.4) is 0 Å². The third-order valence-corrected chi connectivity index (χ3v) is 2.87. The summed E-state index contributed by atoms with van der Waals surface area (Å²) in [5.74, 6) is 1.27. The van der Waals surface area contributed by atoms with Crippen molar-refractivity contribution >= 4 is 0 Å². The normalized spacial score (nSPS) is 13.3. The molecule has 0 bridgehead atoms. The van der Waals surface area contributed by atoms with E-state index < -0.39 is 0 Å². The smallest absolute Gasteiger partial charge is 0.0108 e. The summed E-state index contributed by atoms with van der Waals surface area (Å²) in [7, 11) is 0. The average molecular weight is 189 g/mol. The van der Waals surface area contributed by atoms with Crippen LogP contribution in [0.2, 0.25) is 0 Å². The minimum Gasteiger partial charge on any atom is -0.0622 e. The number of aryl methyl sites for hydroxylation is 2. The van der Waals surface area contributed by atoms with Gasteiger partial charge in [-0.1, -0.05) is 44.5 Å². The van der Waals surface area contributed by atoms with Crippen molar-refractivity contribution in [1.82, 2.24) is 0 Å². The molecule has 1 atom stereocenters. The number of hydrogen-bond acceptors (Lipinski definition) is 0. The summed E-state index contributed by atoms with van der Waals surface area (Å²) >= 11 is 0. The van der Waals surface area contributed by atoms with Crippen LogP contribution < -0.4 is 0 Å². The highest BCUT2D eigenvalue weighted by Gasteiger charge is 2.15. The van der Waals surface area contributed by atoms with Crippen LogP contribution in [0.25, 0.3) is 0 Å². The molecule has 0 N–H and O–H groups in total. The molecule has 0 heteroatoms. The van der Waals surface area contributed by atoms with E-state index in [0.717, 1.165) is 0 Å². The SMILES string of the molecule is C[CH][C@H](c1cc(C)ccc1C)C(C)C. The van der Waals surface area contributed by atoms with Gasteiger partial charge in [0.05, 0.1) is 0 Å². The molecule has 1 aromatic rings. The molecular weight excluding hydrogens is 168 g/mol. The molecule has 0 fully saturated rings. The lowest BCUT2D eigenvalue weighted by Crippen LogP contribution is -2.08. The predicted octanol–water partition coefficient (Wildman–Crippen LogP) is 4.27. The summed E-state index contributed by atoms with van der Waals surface area (Å²) in [6, 6.07) is 6.73. The maximum Gasteiger partial charge on any atom is -0.0108 e. The molecular formula is C14H21. The largest absolute Gasteiger partial charge is 0.0622 e. The summed E-state index contributed by atoms with van der Waals surface area (Å²) in [6.07, 6.45) is 2.31. The zero-order valence-corrected chi connectivity index (χ0v) is 9.96. The summed E-state index contributed by atoms with van der Waals surface area (Å²) < 4.78 is 0. The summed E-state index contributed by atoms with van der Waals surface area (Å²) in [4.78, 5) is 0. The molecule has 0 heterocycles. The Morgan fingerprint density at radius 1 is 1.14 bits per heavy atom. The molecule has 14 heavy (non-hydrogen) atoms. The highest BCUT2D eigenvalue weighted by Crippen LogP contribution is 2.29. The van der Waals surface area contributed by atoms with Gasteiger partial charge in [-0.3, -0.25) is 0 Å². The van der Waals surface area contributed by atoms with E-state index in [-0.39, 0.29) is 0 Å². The van der Waals surface area contributed by atoms with E-state index in [9.17, 15) is 0 Å². The molecule has 77 valence electrons. The van der Waals surface area contributed by atoms with E-state index in [4.69, 9.17) is 0 Å². The molecule has 1 radical (unpaired) electrons. The standard InChI is InChI=1S/C14H21/c1-6-13(10(2)3)14-9-11(4)7-8-12(14)5/h6-10,13H,1-5H3/t13-/m0/s1. The van der Waals surface area contributed by atoms with Gasteiger partial charge in [-0.25, -0.2) is 0 Å². The van der Waals surface area contributed by atoms with Gasteiger partial charge in [0.2, 0.25) is 0 Å². The minimum absolute atomic E-state index is 0.592. The Kier molecular flexibility index (Phi) is 3.74. The minimum atomic E-state index is 0.592. The second kappa shape index (κ2) is 4.63. The third kappa shape index (κ3) is 2.37. The molecule has 0 unspecified atom stereocenters. The maximum absolute atomic E-state index is 2.32. The fourth-order valence-corrected chi connectivity index (χ4v) is 2.04. The van der Waals surface area contributed by atoms with Crippen LogP contribution in [-0.4, -0.2) is 0 Å². The van der Waals surface area contributed by atoms with Crippen LogP contribution in [0, 0.1) is 26.2 Å². The van der Waals surface area contributed by atoms with E-state index in [1.807, 2.05) is 0 Å². The number of benzene rings is 1. The Labute approximate surface area is 88.4 Å². The molecule has 1 rings (SSSR count). The first-order chi connectivity index (χ1) is 6.56. The van der Waals surface area contributed by atoms with Crippen LogP contribution in [0.4, 0.5) is 0 Å². The van der Waals surface area contributed by atoms with Gasteiger partial charge in [-0.05, 0) is 43.2 Å². The molecule has 0 aliphatic carbocycles. The lowest BCUT2D eigenvalue weighted by molar-refractivity contribution is 0.548. The number of hydrogen-bond donors (Lipinski definition) is 0. The average Bonchev–Trinajstić information content (AvgIpc) is 2.11. The molecule has 0 saturated carbocycles. The fourth-order valence-electron chi connectivity index (χ4n) is 2.04. The van der Waals surface area contributed by atoms with Gasteiger partial charge in [-0.15, -0.1) is 0 Å². The first kappa shape index (κ1) is 11.3. The maximum atomic E-state index is 2.32. The van der Waals surface area contributed by atoms with Gasteiger partial charge in [0.25, 0.3) is 0 Å². The van der Waals surface area contributed by atoms with E-state index in [1.54, 1.807) is 0 Å². The van der Waals surface area contributed by atoms with Crippen LogP contribution in [0.5, 0.6) is 0 Å². The van der Waals surface area contributed by atoms with E-state index in [1.165, 1.54) is 16.7 Å². The molecule has 0 aliphatic rings. The van der Waals surface area contributed by atoms with Crippen molar-refractivity contribution in [3.8, 4) is 0 Å². The zero-order valence-electron chi connectivity index (χ0n) is 9.96. The van der Waals surface area contributed by atoms with Crippen molar-refractivity contribution in [2.75, 3.05) is 0 Å². The highest BCUT2D eigenvalue weighted by atomic mass is 14.2. The van der Waals surface area contributed by atoms with E-state index in [2.05, 4.69) is 59.2 Å². The second-order valence-electron chi connectivity index (χ2n) is 4.46. The van der Waals surface area contributed by atoms with Crippen LogP contribution in [0.1, 0.15) is 43.4 Å². The molecule has 1 aromatic carbocycles. The van der Waals surface area contributed by atoms with Gasteiger partial charge in [0, 0.05) is 0 Å². The topological polar surface area (TPSA) is 0 Å². The molecule has 0 nitrogen and oxygen atoms in total. The number of rotatable bonds is 3. The van der Waals surface area contributed by atoms with Gasteiger partial charge in [0.15, 0.2) is 0 Å². The molecule has 0 aromatic heterocycles. The lowest BCUT2D eigenvalue weighted by Gasteiger charge is -2.21. The zero-order chi connectivity index (χ0) is 10.7. The molecule has 0 spiro atoms. The summed E-state index contributed by atoms with van der Waals surface area (Å²) in [6.45, 7) is 11.1. The van der Waals surface area contributed by atoms with Crippen molar-refractivity contribution in [2.24, 2.45) is 5.92 Å². The Bertz CT molecular complexity index is 297. The Morgan fingerprint density at radius 2 is 1.79 bits per heavy atom. The van der Waals surface area contributed by atoms with Crippen molar-refractivity contribution in [1.29, 1.82) is 0 Å². The summed E-state index contributed by atoms with van der Waals surface area (Å²) in [5, 5.41) is 0. The van der Waals surface area contributed by atoms with Gasteiger partial charge in [-0.2, -0.15) is 0 Å².